The van der Waals surface area contributed by atoms with Gasteiger partial charge in [0.15, 0.2) is 6.61 Å². The van der Waals surface area contributed by atoms with Crippen LogP contribution in [-0.2, 0) is 16.0 Å². The van der Waals surface area contributed by atoms with Gasteiger partial charge in [-0.05, 0) is 61.0 Å². The van der Waals surface area contributed by atoms with Crippen LogP contribution in [0.5, 0.6) is 5.75 Å². The van der Waals surface area contributed by atoms with Crippen LogP contribution in [0.25, 0.3) is 10.9 Å². The highest BCUT2D eigenvalue weighted by molar-refractivity contribution is 5.93. The molecule has 0 aliphatic rings. The summed E-state index contributed by atoms with van der Waals surface area (Å²) in [6.45, 7) is 1.91. The molecular formula is C20H22N4O3. The maximum absolute atomic E-state index is 12.1. The first kappa shape index (κ1) is 18.5. The Bertz CT molecular complexity index is 948. The predicted molar refractivity (Wildman–Crippen MR) is 106 cm³/mol. The summed E-state index contributed by atoms with van der Waals surface area (Å²) in [7, 11) is 0. The molecule has 27 heavy (non-hydrogen) atoms. The van der Waals surface area contributed by atoms with Gasteiger partial charge in [0.1, 0.15) is 5.75 Å². The highest BCUT2D eigenvalue weighted by Gasteiger charge is 2.07. The van der Waals surface area contributed by atoms with Gasteiger partial charge in [-0.15, -0.1) is 0 Å². The van der Waals surface area contributed by atoms with E-state index < -0.39 is 0 Å². The van der Waals surface area contributed by atoms with Crippen molar-refractivity contribution < 1.29 is 14.3 Å². The number of aromatic nitrogens is 1. The van der Waals surface area contributed by atoms with Crippen molar-refractivity contribution in [2.24, 2.45) is 5.73 Å². The summed E-state index contributed by atoms with van der Waals surface area (Å²) in [6, 6.07) is 12.5. The fraction of sp³-hybridized carbons (Fsp3) is 0.200. The Hall–Kier alpha value is -3.32. The van der Waals surface area contributed by atoms with Crippen LogP contribution in [-0.4, -0.2) is 29.9 Å². The third-order valence-electron chi connectivity index (χ3n) is 4.01. The third-order valence-corrected chi connectivity index (χ3v) is 4.01. The minimum Gasteiger partial charge on any atom is -0.484 e. The Kier molecular flexibility index (Phi) is 5.73. The van der Waals surface area contributed by atoms with Crippen molar-refractivity contribution in [1.29, 1.82) is 0 Å². The summed E-state index contributed by atoms with van der Waals surface area (Å²) >= 11 is 0. The highest BCUT2D eigenvalue weighted by Crippen LogP contribution is 2.24. The van der Waals surface area contributed by atoms with Crippen LogP contribution in [0.3, 0.4) is 0 Å². The fourth-order valence-electron chi connectivity index (χ4n) is 2.80. The molecule has 0 bridgehead atoms. The van der Waals surface area contributed by atoms with Crippen LogP contribution >= 0.6 is 0 Å². The number of ether oxygens (including phenoxy) is 1. The summed E-state index contributed by atoms with van der Waals surface area (Å²) < 4.78 is 5.61. The first-order valence-corrected chi connectivity index (χ1v) is 8.65. The smallest absolute Gasteiger partial charge is 0.262 e. The molecule has 0 aliphatic carbocycles. The number of hydrogen-bond donors (Lipinski definition) is 4. The minimum absolute atomic E-state index is 0.102. The number of aromatic amines is 1. The number of nitrogens with two attached hydrogens (primary N) is 1. The highest BCUT2D eigenvalue weighted by atomic mass is 16.5. The number of H-pyrrole nitrogens is 1. The predicted octanol–water partition coefficient (Wildman–Crippen LogP) is 2.65. The average molecular weight is 366 g/mol. The second kappa shape index (κ2) is 8.37. The quantitative estimate of drug-likeness (QED) is 0.515. The van der Waals surface area contributed by atoms with E-state index in [4.69, 9.17) is 10.5 Å². The van der Waals surface area contributed by atoms with Crippen molar-refractivity contribution in [1.82, 2.24) is 4.98 Å². The Labute approximate surface area is 156 Å². The molecule has 0 fully saturated rings. The van der Waals surface area contributed by atoms with Crippen molar-refractivity contribution in [3.05, 3.63) is 54.2 Å². The molecule has 1 aromatic heterocycles. The molecule has 5 N–H and O–H groups in total. The molecule has 0 radical (unpaired) electrons. The van der Waals surface area contributed by atoms with E-state index in [1.807, 2.05) is 24.4 Å². The van der Waals surface area contributed by atoms with Gasteiger partial charge in [-0.1, -0.05) is 0 Å². The standard InChI is InChI=1S/C20H22N4O3/c1-13(25)23-15-2-4-16(5-3-15)24-20(26)12-27-17-6-7-19-18(10-17)14(8-9-21)11-22-19/h2-7,10-11,22H,8-9,12,21H2,1H3,(H,23,25)(H,24,26). The molecule has 0 saturated heterocycles. The lowest BCUT2D eigenvalue weighted by atomic mass is 10.1. The molecule has 3 aromatic rings. The summed E-state index contributed by atoms with van der Waals surface area (Å²) in [4.78, 5) is 26.3. The molecule has 7 heteroatoms. The average Bonchev–Trinajstić information content (AvgIpc) is 3.04. The first-order chi connectivity index (χ1) is 13.0. The van der Waals surface area contributed by atoms with Crippen LogP contribution in [0.15, 0.2) is 48.7 Å². The van der Waals surface area contributed by atoms with Crippen molar-refractivity contribution in [3.63, 3.8) is 0 Å². The summed E-state index contributed by atoms with van der Waals surface area (Å²) in [5, 5.41) is 6.48. The minimum atomic E-state index is -0.265. The van der Waals surface area contributed by atoms with Crippen LogP contribution < -0.4 is 21.1 Å². The number of anilines is 2. The van der Waals surface area contributed by atoms with Gasteiger partial charge in [0, 0.05) is 35.4 Å². The van der Waals surface area contributed by atoms with Gasteiger partial charge in [0.05, 0.1) is 0 Å². The maximum atomic E-state index is 12.1. The summed E-state index contributed by atoms with van der Waals surface area (Å²) in [5.74, 6) is 0.212. The van der Waals surface area contributed by atoms with Gasteiger partial charge in [0.25, 0.3) is 5.91 Å². The lowest BCUT2D eigenvalue weighted by Crippen LogP contribution is -2.20. The second-order valence-electron chi connectivity index (χ2n) is 6.16. The fourth-order valence-corrected chi connectivity index (χ4v) is 2.80. The van der Waals surface area contributed by atoms with Gasteiger partial charge in [-0.3, -0.25) is 9.59 Å². The first-order valence-electron chi connectivity index (χ1n) is 8.65. The van der Waals surface area contributed by atoms with Crippen LogP contribution in [0.4, 0.5) is 11.4 Å². The van der Waals surface area contributed by atoms with Gasteiger partial charge in [-0.2, -0.15) is 0 Å². The van der Waals surface area contributed by atoms with E-state index in [1.54, 1.807) is 24.3 Å². The van der Waals surface area contributed by atoms with Gasteiger partial charge in [0.2, 0.25) is 5.91 Å². The monoisotopic (exact) mass is 366 g/mol. The summed E-state index contributed by atoms with van der Waals surface area (Å²) in [5.41, 5.74) is 9.07. The zero-order valence-corrected chi connectivity index (χ0v) is 15.0. The number of carbonyl (C=O) groups is 2. The largest absolute Gasteiger partial charge is 0.484 e. The number of benzene rings is 2. The van der Waals surface area contributed by atoms with Gasteiger partial charge < -0.3 is 26.1 Å². The van der Waals surface area contributed by atoms with Crippen molar-refractivity contribution in [2.45, 2.75) is 13.3 Å². The second-order valence-corrected chi connectivity index (χ2v) is 6.16. The molecule has 140 valence electrons. The lowest BCUT2D eigenvalue weighted by Gasteiger charge is -2.09. The van der Waals surface area contributed by atoms with Gasteiger partial charge >= 0.3 is 0 Å². The van der Waals surface area contributed by atoms with Crippen LogP contribution in [0, 0.1) is 0 Å². The summed E-state index contributed by atoms with van der Waals surface area (Å²) in [6.07, 6.45) is 2.72. The van der Waals surface area contributed by atoms with Crippen molar-refractivity contribution in [3.8, 4) is 5.75 Å². The van der Waals surface area contributed by atoms with Gasteiger partial charge in [-0.25, -0.2) is 0 Å². The molecular weight excluding hydrogens is 344 g/mol. The molecule has 7 nitrogen and oxygen atoms in total. The van der Waals surface area contributed by atoms with E-state index in [9.17, 15) is 9.59 Å². The maximum Gasteiger partial charge on any atom is 0.262 e. The van der Waals surface area contributed by atoms with E-state index >= 15 is 0 Å². The van der Waals surface area contributed by atoms with E-state index in [0.29, 0.717) is 23.7 Å². The molecule has 2 amide bonds. The number of fused-ring (bicyclic) bond motifs is 1. The Morgan fingerprint density at radius 2 is 1.78 bits per heavy atom. The Morgan fingerprint density at radius 1 is 1.07 bits per heavy atom. The number of amides is 2. The Balaban J connectivity index is 1.58. The molecule has 0 saturated carbocycles. The topological polar surface area (TPSA) is 109 Å². The Morgan fingerprint density at radius 3 is 2.44 bits per heavy atom. The van der Waals surface area contributed by atoms with Crippen LogP contribution in [0.2, 0.25) is 0 Å². The number of rotatable bonds is 7. The zero-order chi connectivity index (χ0) is 19.2. The van der Waals surface area contributed by atoms with E-state index in [2.05, 4.69) is 15.6 Å². The number of hydrogen-bond acceptors (Lipinski definition) is 4. The molecule has 0 spiro atoms. The third kappa shape index (κ3) is 4.86. The number of carbonyl (C=O) groups excluding carboxylic acids is 2. The molecule has 0 atom stereocenters. The van der Waals surface area contributed by atoms with Crippen LogP contribution in [0.1, 0.15) is 12.5 Å². The lowest BCUT2D eigenvalue weighted by molar-refractivity contribution is -0.118. The van der Waals surface area contributed by atoms with Crippen molar-refractivity contribution in [2.75, 3.05) is 23.8 Å². The molecule has 3 rings (SSSR count). The van der Waals surface area contributed by atoms with E-state index in [1.165, 1.54) is 6.92 Å². The van der Waals surface area contributed by atoms with Crippen molar-refractivity contribution >= 4 is 34.1 Å². The molecule has 1 heterocycles. The van der Waals surface area contributed by atoms with E-state index in [-0.39, 0.29) is 18.4 Å². The molecule has 2 aromatic carbocycles. The van der Waals surface area contributed by atoms with E-state index in [0.717, 1.165) is 22.9 Å². The SMILES string of the molecule is CC(=O)Nc1ccc(NC(=O)COc2ccc3[nH]cc(CCN)c3c2)cc1. The zero-order valence-electron chi connectivity index (χ0n) is 15.0. The normalized spacial score (nSPS) is 10.6. The molecule has 0 unspecified atom stereocenters. The molecule has 0 aliphatic heterocycles. The number of nitrogens with one attached hydrogen (secondary N) is 3.